The van der Waals surface area contributed by atoms with Crippen molar-refractivity contribution in [3.05, 3.63) is 54.1 Å². The smallest absolute Gasteiger partial charge is 0.247 e. The summed E-state index contributed by atoms with van der Waals surface area (Å²) in [6.07, 6.45) is 2.61. The van der Waals surface area contributed by atoms with Crippen molar-refractivity contribution in [2.24, 2.45) is 0 Å². The van der Waals surface area contributed by atoms with Gasteiger partial charge in [0.1, 0.15) is 11.3 Å². The van der Waals surface area contributed by atoms with Crippen molar-refractivity contribution in [3.63, 3.8) is 0 Å². The second kappa shape index (κ2) is 7.74. The summed E-state index contributed by atoms with van der Waals surface area (Å²) >= 11 is 0. The van der Waals surface area contributed by atoms with E-state index in [1.165, 1.54) is 16.5 Å². The van der Waals surface area contributed by atoms with Crippen molar-refractivity contribution in [3.8, 4) is 5.75 Å². The molecule has 5 nitrogen and oxygen atoms in total. The van der Waals surface area contributed by atoms with E-state index in [-0.39, 0.29) is 5.91 Å². The lowest BCUT2D eigenvalue weighted by Gasteiger charge is -2.46. The number of halogens is 1. The zero-order chi connectivity index (χ0) is 19.8. The molecular formula is C22H24ClN3O2S. The Hall–Kier alpha value is -1.89. The SMILES string of the molecule is O=C1NCN(c2ccccc2)C12CCN(C1CCOc3ccc(SCl)cc31)CC2. The molecule has 0 saturated carbocycles. The molecule has 2 aromatic rings. The Labute approximate surface area is 179 Å². The van der Waals surface area contributed by atoms with Crippen LogP contribution < -0.4 is 15.0 Å². The maximum absolute atomic E-state index is 12.9. The van der Waals surface area contributed by atoms with Crippen LogP contribution in [-0.2, 0) is 4.79 Å². The molecule has 2 saturated heterocycles. The Morgan fingerprint density at radius 3 is 2.69 bits per heavy atom. The van der Waals surface area contributed by atoms with E-state index >= 15 is 0 Å². The molecule has 152 valence electrons. The first kappa shape index (κ1) is 19.1. The molecule has 3 heterocycles. The second-order valence-corrected chi connectivity index (χ2v) is 9.01. The van der Waals surface area contributed by atoms with E-state index in [2.05, 4.69) is 33.3 Å². The number of benzene rings is 2. The number of para-hydroxylation sites is 1. The highest BCUT2D eigenvalue weighted by Gasteiger charge is 2.51. The molecule has 0 radical (unpaired) electrons. The summed E-state index contributed by atoms with van der Waals surface area (Å²) in [7, 11) is 7.23. The van der Waals surface area contributed by atoms with Gasteiger partial charge >= 0.3 is 0 Å². The van der Waals surface area contributed by atoms with E-state index in [0.29, 0.717) is 12.7 Å². The Bertz CT molecular complexity index is 902. The zero-order valence-corrected chi connectivity index (χ0v) is 17.7. The Kier molecular flexibility index (Phi) is 5.10. The Balaban J connectivity index is 1.38. The van der Waals surface area contributed by atoms with Crippen molar-refractivity contribution in [1.82, 2.24) is 10.2 Å². The summed E-state index contributed by atoms with van der Waals surface area (Å²) in [6.45, 7) is 3.08. The van der Waals surface area contributed by atoms with Crippen molar-refractivity contribution in [2.45, 2.75) is 35.7 Å². The third-order valence-electron chi connectivity index (χ3n) is 6.55. The topological polar surface area (TPSA) is 44.8 Å². The summed E-state index contributed by atoms with van der Waals surface area (Å²) in [4.78, 5) is 18.7. The summed E-state index contributed by atoms with van der Waals surface area (Å²) in [5.41, 5.74) is 1.88. The first-order chi connectivity index (χ1) is 14.2. The van der Waals surface area contributed by atoms with Gasteiger partial charge in [0, 0.05) is 41.7 Å². The normalized spacial score (nSPS) is 23.6. The molecule has 5 rings (SSSR count). The number of hydrogen-bond acceptors (Lipinski definition) is 5. The predicted octanol–water partition coefficient (Wildman–Crippen LogP) is 4.18. The van der Waals surface area contributed by atoms with Gasteiger partial charge in [0.15, 0.2) is 0 Å². The molecule has 7 heteroatoms. The van der Waals surface area contributed by atoms with Crippen LogP contribution in [0.4, 0.5) is 5.69 Å². The molecule has 3 aliphatic rings. The molecule has 1 atom stereocenters. The lowest BCUT2D eigenvalue weighted by Crippen LogP contribution is -2.57. The minimum atomic E-state index is -0.445. The molecule has 3 aliphatic heterocycles. The number of nitrogens with one attached hydrogen (secondary N) is 1. The first-order valence-corrected chi connectivity index (χ1v) is 11.8. The number of carbonyl (C=O) groups is 1. The number of likely N-dealkylation sites (tertiary alicyclic amines) is 1. The number of fused-ring (bicyclic) bond motifs is 1. The van der Waals surface area contributed by atoms with Gasteiger partial charge < -0.3 is 15.0 Å². The summed E-state index contributed by atoms with van der Waals surface area (Å²) in [5.74, 6) is 1.12. The van der Waals surface area contributed by atoms with Crippen LogP contribution in [0.15, 0.2) is 53.4 Å². The van der Waals surface area contributed by atoms with Crippen LogP contribution in [0, 0.1) is 0 Å². The van der Waals surface area contributed by atoms with Gasteiger partial charge in [-0.3, -0.25) is 9.69 Å². The van der Waals surface area contributed by atoms with E-state index in [0.717, 1.165) is 55.3 Å². The quantitative estimate of drug-likeness (QED) is 0.792. The summed E-state index contributed by atoms with van der Waals surface area (Å²) < 4.78 is 5.88. The molecule has 2 fully saturated rings. The molecule has 29 heavy (non-hydrogen) atoms. The minimum Gasteiger partial charge on any atom is -0.493 e. The fourth-order valence-corrected chi connectivity index (χ4v) is 5.60. The van der Waals surface area contributed by atoms with Crippen molar-refractivity contribution >= 4 is 33.3 Å². The van der Waals surface area contributed by atoms with Crippen LogP contribution in [0.5, 0.6) is 5.75 Å². The molecular weight excluding hydrogens is 406 g/mol. The Morgan fingerprint density at radius 1 is 1.14 bits per heavy atom. The van der Waals surface area contributed by atoms with E-state index in [1.807, 2.05) is 30.3 Å². The fourth-order valence-electron chi connectivity index (χ4n) is 5.02. The molecule has 1 spiro atoms. The molecule has 0 aliphatic carbocycles. The van der Waals surface area contributed by atoms with Gasteiger partial charge in [-0.1, -0.05) is 18.2 Å². The lowest BCUT2D eigenvalue weighted by molar-refractivity contribution is -0.125. The Morgan fingerprint density at radius 2 is 1.93 bits per heavy atom. The van der Waals surface area contributed by atoms with Crippen LogP contribution in [0.25, 0.3) is 0 Å². The predicted molar refractivity (Wildman–Crippen MR) is 116 cm³/mol. The van der Waals surface area contributed by atoms with Gasteiger partial charge in [0.2, 0.25) is 5.91 Å². The third-order valence-corrected chi connectivity index (χ3v) is 7.52. The van der Waals surface area contributed by atoms with Crippen LogP contribution in [0.1, 0.15) is 30.9 Å². The van der Waals surface area contributed by atoms with E-state index in [1.54, 1.807) is 0 Å². The number of carbonyl (C=O) groups excluding carboxylic acids is 1. The van der Waals surface area contributed by atoms with Crippen LogP contribution >= 0.6 is 21.7 Å². The summed E-state index contributed by atoms with van der Waals surface area (Å²) in [6, 6.07) is 16.8. The van der Waals surface area contributed by atoms with Gasteiger partial charge in [-0.2, -0.15) is 0 Å². The monoisotopic (exact) mass is 429 g/mol. The lowest BCUT2D eigenvalue weighted by atomic mass is 9.84. The standard InChI is InChI=1S/C22H24ClN3O2S/c23-29-17-6-7-20-18(14-17)19(8-13-28-20)25-11-9-22(10-12-25)21(27)24-15-26(22)16-4-2-1-3-5-16/h1-7,14,19H,8-13,15H2,(H,24,27). The number of piperidine rings is 1. The summed E-state index contributed by atoms with van der Waals surface area (Å²) in [5, 5.41) is 3.08. The number of hydrogen-bond donors (Lipinski definition) is 1. The van der Waals surface area contributed by atoms with Crippen molar-refractivity contribution < 1.29 is 9.53 Å². The minimum absolute atomic E-state index is 0.161. The highest BCUT2D eigenvalue weighted by Crippen LogP contribution is 2.43. The van der Waals surface area contributed by atoms with Crippen LogP contribution in [-0.4, -0.2) is 42.7 Å². The number of amides is 1. The maximum Gasteiger partial charge on any atom is 0.247 e. The average Bonchev–Trinajstić information content (AvgIpc) is 3.09. The van der Waals surface area contributed by atoms with Gasteiger partial charge in [-0.05, 0) is 64.8 Å². The average molecular weight is 430 g/mol. The number of nitrogens with zero attached hydrogens (tertiary/aromatic N) is 2. The molecule has 1 unspecified atom stereocenters. The van der Waals surface area contributed by atoms with E-state index in [9.17, 15) is 4.79 Å². The number of rotatable bonds is 3. The molecule has 2 aromatic carbocycles. The van der Waals surface area contributed by atoms with Gasteiger partial charge in [-0.25, -0.2) is 0 Å². The van der Waals surface area contributed by atoms with Crippen LogP contribution in [0.3, 0.4) is 0 Å². The number of anilines is 1. The van der Waals surface area contributed by atoms with Crippen LogP contribution in [0.2, 0.25) is 0 Å². The van der Waals surface area contributed by atoms with Gasteiger partial charge in [0.05, 0.1) is 13.3 Å². The third kappa shape index (κ3) is 3.27. The van der Waals surface area contributed by atoms with Gasteiger partial charge in [0.25, 0.3) is 0 Å². The maximum atomic E-state index is 12.9. The number of ether oxygens (including phenoxy) is 1. The molecule has 0 bridgehead atoms. The van der Waals surface area contributed by atoms with Gasteiger partial charge in [-0.15, -0.1) is 0 Å². The fraction of sp³-hybridized carbons (Fsp3) is 0.409. The largest absolute Gasteiger partial charge is 0.493 e. The van der Waals surface area contributed by atoms with Crippen molar-refractivity contribution in [2.75, 3.05) is 31.3 Å². The zero-order valence-electron chi connectivity index (χ0n) is 16.1. The second-order valence-electron chi connectivity index (χ2n) is 7.92. The molecule has 0 aromatic heterocycles. The molecule has 1 amide bonds. The van der Waals surface area contributed by atoms with Crippen molar-refractivity contribution in [1.29, 1.82) is 0 Å². The van der Waals surface area contributed by atoms with E-state index in [4.69, 9.17) is 15.4 Å². The first-order valence-electron chi connectivity index (χ1n) is 10.1. The highest BCUT2D eigenvalue weighted by atomic mass is 35.7. The molecule has 1 N–H and O–H groups in total. The van der Waals surface area contributed by atoms with E-state index < -0.39 is 5.54 Å². The highest BCUT2D eigenvalue weighted by molar-refractivity contribution is 8.21.